The summed E-state index contributed by atoms with van der Waals surface area (Å²) in [7, 11) is 1.99. The van der Waals surface area contributed by atoms with Crippen molar-refractivity contribution in [1.29, 1.82) is 0 Å². The van der Waals surface area contributed by atoms with Crippen LogP contribution in [0.1, 0.15) is 41.7 Å². The molecule has 0 amide bonds. The zero-order valence-corrected chi connectivity index (χ0v) is 19.0. The molecular formula is C25H33N7. The Morgan fingerprint density at radius 2 is 1.66 bits per heavy atom. The fraction of sp³-hybridized carbons (Fsp3) is 0.400. The molecule has 168 valence electrons. The normalized spacial score (nSPS) is 15.6. The van der Waals surface area contributed by atoms with E-state index in [2.05, 4.69) is 68.2 Å². The van der Waals surface area contributed by atoms with Gasteiger partial charge in [0.2, 0.25) is 0 Å². The third-order valence-electron chi connectivity index (χ3n) is 6.09. The second kappa shape index (κ2) is 10.9. The van der Waals surface area contributed by atoms with Gasteiger partial charge in [-0.05, 0) is 44.0 Å². The number of aryl methyl sites for hydroxylation is 1. The summed E-state index contributed by atoms with van der Waals surface area (Å²) >= 11 is 0. The van der Waals surface area contributed by atoms with Crippen LogP contribution in [0.15, 0.2) is 65.7 Å². The number of guanidine groups is 1. The first kappa shape index (κ1) is 22.0. The second-order valence-corrected chi connectivity index (χ2v) is 8.28. The highest BCUT2D eigenvalue weighted by molar-refractivity contribution is 5.79. The summed E-state index contributed by atoms with van der Waals surface area (Å²) in [6.07, 6.45) is 2.53. The Bertz CT molecular complexity index is 992. The number of hydrogen-bond acceptors (Lipinski definition) is 4. The highest BCUT2D eigenvalue weighted by Crippen LogP contribution is 2.24. The van der Waals surface area contributed by atoms with Crippen molar-refractivity contribution in [3.63, 3.8) is 0 Å². The molecule has 1 aliphatic rings. The van der Waals surface area contributed by atoms with Crippen molar-refractivity contribution >= 4 is 5.96 Å². The van der Waals surface area contributed by atoms with Crippen molar-refractivity contribution in [3.05, 3.63) is 83.4 Å². The standard InChI is InChI=1S/C25H33N7/c1-20-29-30-24(31(20)2)19-28-25(26-17-21-11-5-3-6-12-21)27-18-23(32-15-9-10-16-32)22-13-7-4-8-14-22/h3-8,11-14,23H,9-10,15-19H2,1-2H3,(H2,26,27,28). The lowest BCUT2D eigenvalue weighted by Gasteiger charge is -2.29. The number of nitrogens with zero attached hydrogens (tertiary/aromatic N) is 5. The second-order valence-electron chi connectivity index (χ2n) is 8.28. The molecule has 1 saturated heterocycles. The zero-order chi connectivity index (χ0) is 22.2. The van der Waals surface area contributed by atoms with Crippen LogP contribution in [0, 0.1) is 6.92 Å². The van der Waals surface area contributed by atoms with Crippen LogP contribution in [0.2, 0.25) is 0 Å². The molecule has 7 heteroatoms. The smallest absolute Gasteiger partial charge is 0.192 e. The van der Waals surface area contributed by atoms with Gasteiger partial charge in [0, 0.05) is 13.6 Å². The Kier molecular flexibility index (Phi) is 7.51. The van der Waals surface area contributed by atoms with Gasteiger partial charge < -0.3 is 15.2 Å². The third kappa shape index (κ3) is 5.73. The maximum Gasteiger partial charge on any atom is 0.192 e. The lowest BCUT2D eigenvalue weighted by molar-refractivity contribution is 0.245. The molecule has 1 aliphatic heterocycles. The van der Waals surface area contributed by atoms with Crippen molar-refractivity contribution in [2.24, 2.45) is 12.0 Å². The summed E-state index contributed by atoms with van der Waals surface area (Å²) < 4.78 is 2.00. The van der Waals surface area contributed by atoms with Crippen LogP contribution in [0.3, 0.4) is 0 Å². The van der Waals surface area contributed by atoms with E-state index < -0.39 is 0 Å². The van der Waals surface area contributed by atoms with Gasteiger partial charge in [0.25, 0.3) is 0 Å². The number of hydrogen-bond donors (Lipinski definition) is 2. The molecule has 1 aromatic heterocycles. The molecule has 0 spiro atoms. The number of benzene rings is 2. The number of nitrogens with one attached hydrogen (secondary N) is 2. The fourth-order valence-electron chi connectivity index (χ4n) is 4.08. The maximum atomic E-state index is 4.86. The molecule has 3 aromatic rings. The lowest BCUT2D eigenvalue weighted by atomic mass is 10.1. The fourth-order valence-corrected chi connectivity index (χ4v) is 4.08. The van der Waals surface area contributed by atoms with Crippen molar-refractivity contribution in [1.82, 2.24) is 30.3 Å². The average Bonchev–Trinajstić information content (AvgIpc) is 3.47. The molecule has 7 nitrogen and oxygen atoms in total. The van der Waals surface area contributed by atoms with E-state index in [0.29, 0.717) is 19.1 Å². The molecule has 0 bridgehead atoms. The Balaban J connectivity index is 1.48. The van der Waals surface area contributed by atoms with E-state index in [1.807, 2.05) is 36.7 Å². The van der Waals surface area contributed by atoms with Crippen LogP contribution in [0.4, 0.5) is 0 Å². The first-order valence-electron chi connectivity index (χ1n) is 11.4. The predicted octanol–water partition coefficient (Wildman–Crippen LogP) is 3.20. The van der Waals surface area contributed by atoms with Gasteiger partial charge in [-0.1, -0.05) is 60.7 Å². The van der Waals surface area contributed by atoms with Crippen molar-refractivity contribution in [2.45, 2.75) is 38.9 Å². The highest BCUT2D eigenvalue weighted by Gasteiger charge is 2.23. The van der Waals surface area contributed by atoms with E-state index in [4.69, 9.17) is 4.99 Å². The largest absolute Gasteiger partial charge is 0.354 e. The van der Waals surface area contributed by atoms with E-state index >= 15 is 0 Å². The van der Waals surface area contributed by atoms with Crippen LogP contribution in [0.25, 0.3) is 0 Å². The van der Waals surface area contributed by atoms with Gasteiger partial charge in [-0.25, -0.2) is 4.99 Å². The summed E-state index contributed by atoms with van der Waals surface area (Å²) in [5.41, 5.74) is 2.52. The van der Waals surface area contributed by atoms with Crippen LogP contribution < -0.4 is 10.6 Å². The van der Waals surface area contributed by atoms with E-state index in [1.165, 1.54) is 24.0 Å². The van der Waals surface area contributed by atoms with Crippen molar-refractivity contribution in [3.8, 4) is 0 Å². The summed E-state index contributed by atoms with van der Waals surface area (Å²) in [5, 5.41) is 15.5. The lowest BCUT2D eigenvalue weighted by Crippen LogP contribution is -2.42. The molecule has 2 aromatic carbocycles. The van der Waals surface area contributed by atoms with Crippen LogP contribution in [-0.4, -0.2) is 45.3 Å². The van der Waals surface area contributed by atoms with Crippen LogP contribution in [0.5, 0.6) is 0 Å². The van der Waals surface area contributed by atoms with E-state index in [9.17, 15) is 0 Å². The van der Waals surface area contributed by atoms with Gasteiger partial charge in [0.05, 0.1) is 19.1 Å². The first-order valence-corrected chi connectivity index (χ1v) is 11.4. The topological polar surface area (TPSA) is 70.4 Å². The minimum Gasteiger partial charge on any atom is -0.354 e. The molecule has 2 heterocycles. The Morgan fingerprint density at radius 1 is 0.969 bits per heavy atom. The van der Waals surface area contributed by atoms with Gasteiger partial charge in [0.15, 0.2) is 11.8 Å². The van der Waals surface area contributed by atoms with Gasteiger partial charge in [0.1, 0.15) is 5.82 Å². The van der Waals surface area contributed by atoms with Crippen LogP contribution in [-0.2, 0) is 20.1 Å². The minimum atomic E-state index is 0.319. The highest BCUT2D eigenvalue weighted by atomic mass is 15.3. The summed E-state index contributed by atoms with van der Waals surface area (Å²) in [4.78, 5) is 7.43. The van der Waals surface area contributed by atoms with Gasteiger partial charge in [-0.3, -0.25) is 4.90 Å². The van der Waals surface area contributed by atoms with Gasteiger partial charge in [-0.15, -0.1) is 10.2 Å². The van der Waals surface area contributed by atoms with E-state index in [0.717, 1.165) is 37.2 Å². The quantitative estimate of drug-likeness (QED) is 0.423. The summed E-state index contributed by atoms with van der Waals surface area (Å²) in [5.74, 6) is 2.57. The van der Waals surface area contributed by atoms with E-state index in [1.54, 1.807) is 0 Å². The molecule has 1 atom stereocenters. The molecular weight excluding hydrogens is 398 g/mol. The van der Waals surface area contributed by atoms with E-state index in [-0.39, 0.29) is 0 Å². The predicted molar refractivity (Wildman–Crippen MR) is 128 cm³/mol. The molecule has 0 saturated carbocycles. The minimum absolute atomic E-state index is 0.319. The van der Waals surface area contributed by atoms with Gasteiger partial charge in [-0.2, -0.15) is 0 Å². The molecule has 0 radical (unpaired) electrons. The number of aliphatic imine (C=N–C) groups is 1. The third-order valence-corrected chi connectivity index (χ3v) is 6.09. The van der Waals surface area contributed by atoms with Crippen LogP contribution >= 0.6 is 0 Å². The molecule has 0 aliphatic carbocycles. The Labute approximate surface area is 190 Å². The molecule has 32 heavy (non-hydrogen) atoms. The molecule has 4 rings (SSSR count). The Morgan fingerprint density at radius 3 is 2.31 bits per heavy atom. The summed E-state index contributed by atoms with van der Waals surface area (Å²) in [6.45, 7) is 6.22. The van der Waals surface area contributed by atoms with Crippen molar-refractivity contribution < 1.29 is 0 Å². The number of likely N-dealkylation sites (tertiary alicyclic amines) is 1. The summed E-state index contributed by atoms with van der Waals surface area (Å²) in [6, 6.07) is 21.4. The molecule has 2 N–H and O–H groups in total. The Hall–Kier alpha value is -3.19. The maximum absolute atomic E-state index is 4.86. The number of rotatable bonds is 8. The molecule has 1 fully saturated rings. The zero-order valence-electron chi connectivity index (χ0n) is 19.0. The monoisotopic (exact) mass is 431 g/mol. The first-order chi connectivity index (χ1) is 15.7. The number of aromatic nitrogens is 3. The molecule has 1 unspecified atom stereocenters. The van der Waals surface area contributed by atoms with Gasteiger partial charge >= 0.3 is 0 Å². The SMILES string of the molecule is Cc1nnc(CNC(=NCc2ccccc2)NCC(c2ccccc2)N2CCCC2)n1C. The average molecular weight is 432 g/mol. The van der Waals surface area contributed by atoms with Crippen molar-refractivity contribution in [2.75, 3.05) is 19.6 Å².